The van der Waals surface area contributed by atoms with Crippen LogP contribution in [-0.4, -0.2) is 24.8 Å². The van der Waals surface area contributed by atoms with E-state index < -0.39 is 0 Å². The minimum atomic E-state index is 0.468. The molecular formula is C15H9Cl2N5S. The number of benzene rings is 1. The molecule has 8 heteroatoms. The van der Waals surface area contributed by atoms with Crippen molar-refractivity contribution in [1.82, 2.24) is 24.8 Å². The van der Waals surface area contributed by atoms with Crippen LogP contribution < -0.4 is 0 Å². The van der Waals surface area contributed by atoms with Gasteiger partial charge in [-0.2, -0.15) is 9.61 Å². The number of hydrogen-bond acceptors (Lipinski definition) is 5. The second-order valence-electron chi connectivity index (χ2n) is 4.84. The predicted molar refractivity (Wildman–Crippen MR) is 91.2 cm³/mol. The van der Waals surface area contributed by atoms with E-state index in [2.05, 4.69) is 20.3 Å². The molecule has 0 fully saturated rings. The first-order chi connectivity index (χ1) is 11.2. The molecule has 0 amide bonds. The first-order valence-corrected chi connectivity index (χ1v) is 8.34. The Morgan fingerprint density at radius 1 is 1.04 bits per heavy atom. The minimum Gasteiger partial charge on any atom is -0.264 e. The van der Waals surface area contributed by atoms with Gasteiger partial charge in [0.25, 0.3) is 0 Å². The third-order valence-corrected chi connectivity index (χ3v) is 5.02. The summed E-state index contributed by atoms with van der Waals surface area (Å²) < 4.78 is 1.73. The van der Waals surface area contributed by atoms with Gasteiger partial charge < -0.3 is 0 Å². The standard InChI is InChI=1S/C15H9Cl2N5S/c16-11-4-1-5-12(17)10(11)7-13-19-20-15-22(13)21-14(23-15)9-3-2-6-18-8-9/h1-6,8H,7H2. The van der Waals surface area contributed by atoms with Gasteiger partial charge in [0.1, 0.15) is 5.01 Å². The molecular weight excluding hydrogens is 353 g/mol. The van der Waals surface area contributed by atoms with Gasteiger partial charge in [-0.05, 0) is 29.8 Å². The molecule has 5 nitrogen and oxygen atoms in total. The fourth-order valence-electron chi connectivity index (χ4n) is 2.23. The Bertz CT molecular complexity index is 960. The summed E-state index contributed by atoms with van der Waals surface area (Å²) in [5.74, 6) is 0.696. The molecule has 4 aromatic rings. The second kappa shape index (κ2) is 5.88. The number of rotatable bonds is 3. The highest BCUT2D eigenvalue weighted by atomic mass is 35.5. The molecule has 23 heavy (non-hydrogen) atoms. The summed E-state index contributed by atoms with van der Waals surface area (Å²) in [6.45, 7) is 0. The highest BCUT2D eigenvalue weighted by molar-refractivity contribution is 7.19. The van der Waals surface area contributed by atoms with Crippen molar-refractivity contribution in [1.29, 1.82) is 0 Å². The highest BCUT2D eigenvalue weighted by Gasteiger charge is 2.15. The zero-order valence-corrected chi connectivity index (χ0v) is 14.0. The predicted octanol–water partition coefficient (Wildman–Crippen LogP) is 4.15. The van der Waals surface area contributed by atoms with Gasteiger partial charge in [-0.25, -0.2) is 0 Å². The van der Waals surface area contributed by atoms with E-state index in [0.717, 1.165) is 21.1 Å². The van der Waals surface area contributed by atoms with Crippen molar-refractivity contribution in [3.8, 4) is 10.6 Å². The molecule has 114 valence electrons. The lowest BCUT2D eigenvalue weighted by Gasteiger charge is -2.04. The normalized spacial score (nSPS) is 11.2. The summed E-state index contributed by atoms with van der Waals surface area (Å²) in [5.41, 5.74) is 1.77. The molecule has 0 saturated carbocycles. The summed E-state index contributed by atoms with van der Waals surface area (Å²) >= 11 is 13.9. The maximum Gasteiger partial charge on any atom is 0.234 e. The van der Waals surface area contributed by atoms with Crippen molar-refractivity contribution >= 4 is 39.5 Å². The average Bonchev–Trinajstić information content (AvgIpc) is 3.13. The molecule has 0 N–H and O–H groups in total. The molecule has 0 aliphatic heterocycles. The fraction of sp³-hybridized carbons (Fsp3) is 0.0667. The van der Waals surface area contributed by atoms with E-state index in [0.29, 0.717) is 22.3 Å². The lowest BCUT2D eigenvalue weighted by molar-refractivity contribution is 0.854. The largest absolute Gasteiger partial charge is 0.264 e. The molecule has 0 radical (unpaired) electrons. The molecule has 0 saturated heterocycles. The van der Waals surface area contributed by atoms with Gasteiger partial charge in [0.15, 0.2) is 5.82 Å². The number of halogens is 2. The zero-order valence-electron chi connectivity index (χ0n) is 11.6. The molecule has 1 aromatic carbocycles. The van der Waals surface area contributed by atoms with Crippen molar-refractivity contribution < 1.29 is 0 Å². The number of hydrogen-bond donors (Lipinski definition) is 0. The molecule has 3 heterocycles. The molecule has 4 rings (SSSR count). The van der Waals surface area contributed by atoms with Crippen LogP contribution in [0.1, 0.15) is 11.4 Å². The summed E-state index contributed by atoms with van der Waals surface area (Å²) in [6, 6.07) is 9.27. The van der Waals surface area contributed by atoms with Gasteiger partial charge in [-0.15, -0.1) is 10.2 Å². The topological polar surface area (TPSA) is 56.0 Å². The second-order valence-corrected chi connectivity index (χ2v) is 6.61. The van der Waals surface area contributed by atoms with Crippen LogP contribution in [0, 0.1) is 0 Å². The van der Waals surface area contributed by atoms with Crippen LogP contribution in [0.3, 0.4) is 0 Å². The van der Waals surface area contributed by atoms with Gasteiger partial charge in [0.05, 0.1) is 0 Å². The van der Waals surface area contributed by atoms with Crippen molar-refractivity contribution in [3.05, 3.63) is 64.2 Å². The Morgan fingerprint density at radius 3 is 2.61 bits per heavy atom. The van der Waals surface area contributed by atoms with E-state index in [1.807, 2.05) is 30.3 Å². The number of nitrogens with zero attached hydrogens (tertiary/aromatic N) is 5. The molecule has 0 bridgehead atoms. The van der Waals surface area contributed by atoms with Gasteiger partial charge in [0, 0.05) is 34.4 Å². The Balaban J connectivity index is 1.76. The maximum absolute atomic E-state index is 6.23. The van der Waals surface area contributed by atoms with Crippen LogP contribution in [0.4, 0.5) is 0 Å². The molecule has 0 aliphatic rings. The van der Waals surface area contributed by atoms with E-state index in [-0.39, 0.29) is 0 Å². The molecule has 0 aliphatic carbocycles. The molecule has 3 aromatic heterocycles. The van der Waals surface area contributed by atoms with Gasteiger partial charge >= 0.3 is 0 Å². The van der Waals surface area contributed by atoms with Crippen molar-refractivity contribution in [2.75, 3.05) is 0 Å². The first kappa shape index (κ1) is 14.6. The van der Waals surface area contributed by atoms with E-state index in [9.17, 15) is 0 Å². The SMILES string of the molecule is Clc1cccc(Cl)c1Cc1nnc2sc(-c3cccnc3)nn12. The fourth-order valence-corrected chi connectivity index (χ4v) is 3.61. The van der Waals surface area contributed by atoms with Gasteiger partial charge in [-0.3, -0.25) is 4.98 Å². The van der Waals surface area contributed by atoms with Crippen molar-refractivity contribution in [3.63, 3.8) is 0 Å². The summed E-state index contributed by atoms with van der Waals surface area (Å²) in [4.78, 5) is 4.84. The lowest BCUT2D eigenvalue weighted by atomic mass is 10.1. The number of pyridine rings is 1. The van der Waals surface area contributed by atoms with Gasteiger partial charge in [0.2, 0.25) is 4.96 Å². The first-order valence-electron chi connectivity index (χ1n) is 6.77. The minimum absolute atomic E-state index is 0.468. The van der Waals surface area contributed by atoms with Crippen molar-refractivity contribution in [2.45, 2.75) is 6.42 Å². The summed E-state index contributed by atoms with van der Waals surface area (Å²) in [5, 5.41) is 15.0. The summed E-state index contributed by atoms with van der Waals surface area (Å²) in [7, 11) is 0. The Morgan fingerprint density at radius 2 is 1.87 bits per heavy atom. The average molecular weight is 362 g/mol. The van der Waals surface area contributed by atoms with Crippen LogP contribution in [-0.2, 0) is 6.42 Å². The smallest absolute Gasteiger partial charge is 0.234 e. The Hall–Kier alpha value is -2.02. The van der Waals surface area contributed by atoms with E-state index in [1.165, 1.54) is 11.3 Å². The van der Waals surface area contributed by atoms with E-state index in [1.54, 1.807) is 16.9 Å². The monoisotopic (exact) mass is 361 g/mol. The maximum atomic E-state index is 6.23. The van der Waals surface area contributed by atoms with Crippen molar-refractivity contribution in [2.24, 2.45) is 0 Å². The lowest BCUT2D eigenvalue weighted by Crippen LogP contribution is -1.99. The molecule has 0 spiro atoms. The van der Waals surface area contributed by atoms with E-state index >= 15 is 0 Å². The zero-order chi connectivity index (χ0) is 15.8. The Kier molecular flexibility index (Phi) is 3.72. The van der Waals surface area contributed by atoms with Gasteiger partial charge in [-0.1, -0.05) is 40.6 Å². The number of fused-ring (bicyclic) bond motifs is 1. The third kappa shape index (κ3) is 2.69. The van der Waals surface area contributed by atoms with Crippen LogP contribution in [0.2, 0.25) is 10.0 Å². The van der Waals surface area contributed by atoms with Crippen LogP contribution in [0.15, 0.2) is 42.7 Å². The van der Waals surface area contributed by atoms with Crippen LogP contribution >= 0.6 is 34.5 Å². The quantitative estimate of drug-likeness (QED) is 0.550. The van der Waals surface area contributed by atoms with Crippen LogP contribution in [0.25, 0.3) is 15.5 Å². The third-order valence-electron chi connectivity index (χ3n) is 3.36. The Labute approximate surface area is 145 Å². The number of aromatic nitrogens is 5. The molecule has 0 unspecified atom stereocenters. The summed E-state index contributed by atoms with van der Waals surface area (Å²) in [6.07, 6.45) is 3.97. The highest BCUT2D eigenvalue weighted by Crippen LogP contribution is 2.28. The van der Waals surface area contributed by atoms with E-state index in [4.69, 9.17) is 23.2 Å². The van der Waals surface area contributed by atoms with Crippen LogP contribution in [0.5, 0.6) is 0 Å². The molecule has 0 atom stereocenters.